The highest BCUT2D eigenvalue weighted by Gasteiger charge is 2.49. The van der Waals surface area contributed by atoms with Crippen molar-refractivity contribution in [2.45, 2.75) is 51.3 Å². The Hall–Kier alpha value is -2.68. The van der Waals surface area contributed by atoms with Gasteiger partial charge in [0.05, 0.1) is 17.1 Å². The van der Waals surface area contributed by atoms with E-state index in [1.165, 1.54) is 45.2 Å². The van der Waals surface area contributed by atoms with Crippen LogP contribution in [0.3, 0.4) is 0 Å². The maximum atomic E-state index is 14.7. The summed E-state index contributed by atoms with van der Waals surface area (Å²) in [7, 11) is -3.68. The molecule has 7 nitrogen and oxygen atoms in total. The quantitative estimate of drug-likeness (QED) is 0.742. The van der Waals surface area contributed by atoms with Crippen LogP contribution in [-0.4, -0.2) is 40.5 Å². The molecule has 30 heavy (non-hydrogen) atoms. The Kier molecular flexibility index (Phi) is 5.30. The number of sulfone groups is 1. The number of aliphatic imine (C=N–C) groups is 1. The number of hydrogen-bond donors (Lipinski definition) is 1. The summed E-state index contributed by atoms with van der Waals surface area (Å²) in [5, 5.41) is 0. The molecule has 0 saturated heterocycles. The van der Waals surface area contributed by atoms with Crippen LogP contribution in [0, 0.1) is 19.7 Å². The van der Waals surface area contributed by atoms with Gasteiger partial charge in [0.15, 0.2) is 15.6 Å². The smallest absolute Gasteiger partial charge is 0.187 e. The number of ketones is 1. The summed E-state index contributed by atoms with van der Waals surface area (Å²) in [5.74, 6) is -1.32. The van der Waals surface area contributed by atoms with Gasteiger partial charge in [0.25, 0.3) is 0 Å². The number of benzene rings is 1. The molecule has 0 spiro atoms. The summed E-state index contributed by atoms with van der Waals surface area (Å²) in [4.78, 5) is 25.5. The van der Waals surface area contributed by atoms with Crippen molar-refractivity contribution in [3.63, 3.8) is 0 Å². The highest BCUT2D eigenvalue weighted by atomic mass is 32.2. The van der Waals surface area contributed by atoms with Gasteiger partial charge >= 0.3 is 0 Å². The van der Waals surface area contributed by atoms with Crippen molar-refractivity contribution in [1.82, 2.24) is 9.97 Å². The lowest BCUT2D eigenvalue weighted by Crippen LogP contribution is -2.55. The van der Waals surface area contributed by atoms with E-state index in [1.807, 2.05) is 0 Å². The van der Waals surface area contributed by atoms with Crippen molar-refractivity contribution >= 4 is 21.5 Å². The standard InChI is InChI=1S/C21H25FN4O3S/c1-12-10-24-18(13(2)25-12)17(27)9-14-6-7-16(22)15(8-14)21(5)11-30(28,29)20(3,4)19(23)26-21/h6-8,10H,9,11H2,1-5H3,(H2,23,26)/t21-/m0/s1. The van der Waals surface area contributed by atoms with Gasteiger partial charge in [0.2, 0.25) is 0 Å². The zero-order valence-electron chi connectivity index (χ0n) is 17.7. The largest absolute Gasteiger partial charge is 0.386 e. The molecule has 1 aliphatic heterocycles. The number of nitrogens with zero attached hydrogens (tertiary/aromatic N) is 3. The molecule has 0 unspecified atom stereocenters. The maximum absolute atomic E-state index is 14.7. The minimum atomic E-state index is -3.68. The summed E-state index contributed by atoms with van der Waals surface area (Å²) in [6.07, 6.45) is 1.49. The van der Waals surface area contributed by atoms with Gasteiger partial charge in [-0.25, -0.2) is 17.8 Å². The highest BCUT2D eigenvalue weighted by molar-refractivity contribution is 7.93. The zero-order chi connectivity index (χ0) is 22.5. The number of Topliss-reactive ketones (excluding diaryl/α,β-unsaturated/α-hetero) is 1. The number of carbonyl (C=O) groups excluding carboxylic acids is 1. The number of amidine groups is 1. The molecular weight excluding hydrogens is 407 g/mol. The normalized spacial score (nSPS) is 22.4. The molecule has 0 fully saturated rings. The van der Waals surface area contributed by atoms with Gasteiger partial charge < -0.3 is 5.73 Å². The van der Waals surface area contributed by atoms with Crippen LogP contribution in [0.25, 0.3) is 0 Å². The first-order valence-corrected chi connectivity index (χ1v) is 11.1. The molecule has 0 amide bonds. The van der Waals surface area contributed by atoms with Gasteiger partial charge in [-0.05, 0) is 52.3 Å². The first kappa shape index (κ1) is 22.0. The molecule has 2 aromatic rings. The van der Waals surface area contributed by atoms with Gasteiger partial charge in [-0.15, -0.1) is 0 Å². The first-order chi connectivity index (χ1) is 13.8. The van der Waals surface area contributed by atoms with Gasteiger partial charge in [-0.3, -0.25) is 14.8 Å². The zero-order valence-corrected chi connectivity index (χ0v) is 18.5. The topological polar surface area (TPSA) is 115 Å². The molecule has 1 aromatic heterocycles. The predicted octanol–water partition coefficient (Wildman–Crippen LogP) is 2.44. The van der Waals surface area contributed by atoms with Gasteiger partial charge in [-0.1, -0.05) is 6.07 Å². The molecule has 1 aromatic carbocycles. The molecular formula is C21H25FN4O3S. The second-order valence-electron chi connectivity index (χ2n) is 8.40. The van der Waals surface area contributed by atoms with Crippen LogP contribution in [0.4, 0.5) is 4.39 Å². The number of aryl methyl sites for hydroxylation is 2. The Labute approximate surface area is 175 Å². The molecule has 3 rings (SSSR count). The molecule has 1 aliphatic rings. The molecule has 0 saturated carbocycles. The summed E-state index contributed by atoms with van der Waals surface area (Å²) in [6, 6.07) is 4.19. The summed E-state index contributed by atoms with van der Waals surface area (Å²) >= 11 is 0. The minimum absolute atomic E-state index is 0.0284. The SMILES string of the molecule is Cc1cnc(C(=O)Cc2ccc(F)c([C@]3(C)CS(=O)(=O)C(C)(C)C(N)=N3)c2)c(C)n1. The summed E-state index contributed by atoms with van der Waals surface area (Å²) in [6.45, 7) is 7.99. The average molecular weight is 433 g/mol. The van der Waals surface area contributed by atoms with Gasteiger partial charge in [0, 0.05) is 18.2 Å². The number of carbonyl (C=O) groups is 1. The number of nitrogens with two attached hydrogens (primary N) is 1. The lowest BCUT2D eigenvalue weighted by molar-refractivity contribution is 0.0987. The van der Waals surface area contributed by atoms with Crippen LogP contribution in [0.2, 0.25) is 0 Å². The molecule has 160 valence electrons. The second-order valence-corrected chi connectivity index (χ2v) is 10.9. The Morgan fingerprint density at radius 2 is 1.90 bits per heavy atom. The van der Waals surface area contributed by atoms with E-state index < -0.39 is 25.9 Å². The number of halogens is 1. The van der Waals surface area contributed by atoms with Crippen LogP contribution < -0.4 is 5.73 Å². The Morgan fingerprint density at radius 3 is 2.50 bits per heavy atom. The van der Waals surface area contributed by atoms with Crippen molar-refractivity contribution in [3.8, 4) is 0 Å². The minimum Gasteiger partial charge on any atom is -0.386 e. The average Bonchev–Trinajstić information content (AvgIpc) is 2.61. The molecule has 9 heteroatoms. The molecule has 0 radical (unpaired) electrons. The number of rotatable bonds is 4. The van der Waals surface area contributed by atoms with Crippen LogP contribution in [0.15, 0.2) is 29.4 Å². The Balaban J connectivity index is 2.00. The van der Waals surface area contributed by atoms with Crippen molar-refractivity contribution in [2.75, 3.05) is 5.75 Å². The fraction of sp³-hybridized carbons (Fsp3) is 0.429. The first-order valence-electron chi connectivity index (χ1n) is 9.47. The van der Waals surface area contributed by atoms with Crippen molar-refractivity contribution in [1.29, 1.82) is 0 Å². The summed E-state index contributed by atoms with van der Waals surface area (Å²) < 4.78 is 39.0. The third kappa shape index (κ3) is 3.74. The lowest BCUT2D eigenvalue weighted by Gasteiger charge is -2.38. The van der Waals surface area contributed by atoms with E-state index in [1.54, 1.807) is 13.8 Å². The fourth-order valence-corrected chi connectivity index (χ4v) is 5.20. The Bertz CT molecular complexity index is 1170. The lowest BCUT2D eigenvalue weighted by atomic mass is 9.90. The third-order valence-electron chi connectivity index (χ3n) is 5.54. The Morgan fingerprint density at radius 1 is 1.23 bits per heavy atom. The second kappa shape index (κ2) is 7.23. The van der Waals surface area contributed by atoms with Gasteiger partial charge in [-0.2, -0.15) is 0 Å². The summed E-state index contributed by atoms with van der Waals surface area (Å²) in [5.41, 5.74) is 6.65. The van der Waals surface area contributed by atoms with Crippen LogP contribution in [0.1, 0.15) is 53.8 Å². The van der Waals surface area contributed by atoms with Crippen molar-refractivity contribution in [3.05, 3.63) is 58.4 Å². The van der Waals surface area contributed by atoms with E-state index in [2.05, 4.69) is 15.0 Å². The molecule has 1 atom stereocenters. The molecule has 0 bridgehead atoms. The van der Waals surface area contributed by atoms with E-state index in [0.29, 0.717) is 17.0 Å². The predicted molar refractivity (Wildman–Crippen MR) is 113 cm³/mol. The van der Waals surface area contributed by atoms with Crippen LogP contribution >= 0.6 is 0 Å². The van der Waals surface area contributed by atoms with Crippen LogP contribution in [-0.2, 0) is 21.8 Å². The van der Waals surface area contributed by atoms with Crippen LogP contribution in [0.5, 0.6) is 0 Å². The highest BCUT2D eigenvalue weighted by Crippen LogP contribution is 2.38. The van der Waals surface area contributed by atoms with E-state index in [-0.39, 0.29) is 35.0 Å². The number of aromatic nitrogens is 2. The molecule has 2 N–H and O–H groups in total. The van der Waals surface area contributed by atoms with Gasteiger partial charge in [0.1, 0.15) is 27.6 Å². The van der Waals surface area contributed by atoms with E-state index in [9.17, 15) is 17.6 Å². The fourth-order valence-electron chi connectivity index (χ4n) is 3.52. The van der Waals surface area contributed by atoms with Crippen molar-refractivity contribution < 1.29 is 17.6 Å². The van der Waals surface area contributed by atoms with E-state index >= 15 is 0 Å². The van der Waals surface area contributed by atoms with E-state index in [0.717, 1.165) is 0 Å². The molecule has 0 aliphatic carbocycles. The maximum Gasteiger partial charge on any atom is 0.187 e. The molecule has 2 heterocycles. The van der Waals surface area contributed by atoms with Crippen molar-refractivity contribution in [2.24, 2.45) is 10.7 Å². The monoisotopic (exact) mass is 432 g/mol. The van der Waals surface area contributed by atoms with E-state index in [4.69, 9.17) is 5.73 Å². The third-order valence-corrected chi connectivity index (χ3v) is 8.25. The number of hydrogen-bond acceptors (Lipinski definition) is 7.